The molecule has 0 atom stereocenters. The Labute approximate surface area is 146 Å². The van der Waals surface area contributed by atoms with Crippen molar-refractivity contribution in [1.82, 2.24) is 14.7 Å². The van der Waals surface area contributed by atoms with Crippen LogP contribution in [0.25, 0.3) is 0 Å². The average molecular weight is 363 g/mol. The van der Waals surface area contributed by atoms with Crippen molar-refractivity contribution in [3.8, 4) is 0 Å². The highest BCUT2D eigenvalue weighted by Gasteiger charge is 2.23. The molecule has 0 spiro atoms. The summed E-state index contributed by atoms with van der Waals surface area (Å²) in [6.45, 7) is 1.50. The minimum Gasteiger partial charge on any atom is -0.390 e. The van der Waals surface area contributed by atoms with Gasteiger partial charge in [-0.2, -0.15) is 5.10 Å². The van der Waals surface area contributed by atoms with E-state index in [1.54, 1.807) is 46.0 Å². The molecule has 25 heavy (non-hydrogen) atoms. The molecule has 1 aromatic heterocycles. The zero-order valence-electron chi connectivity index (χ0n) is 13.8. The van der Waals surface area contributed by atoms with Gasteiger partial charge in [0.2, 0.25) is 5.91 Å². The van der Waals surface area contributed by atoms with Gasteiger partial charge in [-0.1, -0.05) is 18.2 Å². The molecular weight excluding hydrogens is 342 g/mol. The van der Waals surface area contributed by atoms with Crippen LogP contribution in [0.5, 0.6) is 0 Å². The number of rotatable bonds is 5. The number of hydrogen-bond acceptors (Lipinski definition) is 5. The number of carbonyl (C=O) groups excluding carboxylic acids is 1. The van der Waals surface area contributed by atoms with Crippen LogP contribution in [0.1, 0.15) is 24.2 Å². The number of sulfone groups is 1. The Morgan fingerprint density at radius 2 is 1.96 bits per heavy atom. The number of aryl methyl sites for hydroxylation is 1. The van der Waals surface area contributed by atoms with Crippen LogP contribution in [0, 0.1) is 0 Å². The van der Waals surface area contributed by atoms with Crippen molar-refractivity contribution in [3.05, 3.63) is 47.8 Å². The third kappa shape index (κ3) is 4.08. The lowest BCUT2D eigenvalue weighted by atomic mass is 10.3. The number of carbonyl (C=O) groups is 1. The van der Waals surface area contributed by atoms with E-state index in [2.05, 4.69) is 5.10 Å². The highest BCUT2D eigenvalue weighted by molar-refractivity contribution is 7.91. The zero-order valence-corrected chi connectivity index (χ0v) is 14.7. The maximum atomic E-state index is 12.5. The molecule has 2 aromatic rings. The fourth-order valence-electron chi connectivity index (χ4n) is 2.94. The topological polar surface area (TPSA) is 92.5 Å². The van der Waals surface area contributed by atoms with Gasteiger partial charge in [0.15, 0.2) is 9.84 Å². The van der Waals surface area contributed by atoms with E-state index in [1.165, 1.54) is 0 Å². The van der Waals surface area contributed by atoms with Crippen LogP contribution in [0.15, 0.2) is 41.3 Å². The van der Waals surface area contributed by atoms with Crippen LogP contribution < -0.4 is 0 Å². The second kappa shape index (κ2) is 7.37. The molecule has 0 fully saturated rings. The molecule has 0 unspecified atom stereocenters. The molecule has 1 aliphatic heterocycles. The Morgan fingerprint density at radius 3 is 2.68 bits per heavy atom. The predicted octanol–water partition coefficient (Wildman–Crippen LogP) is 0.972. The highest BCUT2D eigenvalue weighted by Crippen LogP contribution is 2.16. The number of nitrogens with zero attached hydrogens (tertiary/aromatic N) is 3. The molecule has 0 aliphatic carbocycles. The van der Waals surface area contributed by atoms with Gasteiger partial charge in [0, 0.05) is 19.5 Å². The van der Waals surface area contributed by atoms with Gasteiger partial charge < -0.3 is 10.0 Å². The monoisotopic (exact) mass is 363 g/mol. The maximum Gasteiger partial charge on any atom is 0.223 e. The molecule has 1 aromatic carbocycles. The number of aliphatic hydroxyl groups is 1. The van der Waals surface area contributed by atoms with Gasteiger partial charge in [-0.3, -0.25) is 9.48 Å². The zero-order chi connectivity index (χ0) is 17.9. The molecule has 0 saturated heterocycles. The quantitative estimate of drug-likeness (QED) is 0.855. The van der Waals surface area contributed by atoms with E-state index < -0.39 is 9.84 Å². The first kappa shape index (κ1) is 17.6. The van der Waals surface area contributed by atoms with Crippen molar-refractivity contribution in [2.24, 2.45) is 0 Å². The first-order valence-corrected chi connectivity index (χ1v) is 9.87. The molecule has 0 bridgehead atoms. The summed E-state index contributed by atoms with van der Waals surface area (Å²) in [5, 5.41) is 13.5. The predicted molar refractivity (Wildman–Crippen MR) is 91.3 cm³/mol. The molecule has 1 amide bonds. The summed E-state index contributed by atoms with van der Waals surface area (Å²) in [4.78, 5) is 14.4. The van der Waals surface area contributed by atoms with Crippen LogP contribution in [-0.4, -0.2) is 46.4 Å². The molecule has 2 heterocycles. The Balaban J connectivity index is 1.65. The van der Waals surface area contributed by atoms with Gasteiger partial charge in [-0.05, 0) is 24.6 Å². The van der Waals surface area contributed by atoms with Gasteiger partial charge in [-0.15, -0.1) is 0 Å². The van der Waals surface area contributed by atoms with Gasteiger partial charge in [0.05, 0.1) is 35.2 Å². The lowest BCUT2D eigenvalue weighted by molar-refractivity contribution is -0.131. The molecule has 1 N–H and O–H groups in total. The summed E-state index contributed by atoms with van der Waals surface area (Å²) in [5.74, 6) is -0.382. The minimum absolute atomic E-state index is 0.0434. The van der Waals surface area contributed by atoms with Crippen LogP contribution in [-0.2, 0) is 34.3 Å². The minimum atomic E-state index is -3.46. The molecule has 8 heteroatoms. The molecule has 7 nitrogen and oxygen atoms in total. The van der Waals surface area contributed by atoms with E-state index in [9.17, 15) is 18.3 Å². The summed E-state index contributed by atoms with van der Waals surface area (Å²) < 4.78 is 26.4. The number of benzene rings is 1. The first-order chi connectivity index (χ1) is 12.0. The SMILES string of the molecule is O=C(CCS(=O)(=O)c1ccccc1)N1CCCn2nc(CO)cc2C1. The van der Waals surface area contributed by atoms with E-state index in [0.717, 1.165) is 12.1 Å². The molecule has 1 aliphatic rings. The van der Waals surface area contributed by atoms with Crippen molar-refractivity contribution in [1.29, 1.82) is 0 Å². The first-order valence-electron chi connectivity index (χ1n) is 8.21. The van der Waals surface area contributed by atoms with Gasteiger partial charge in [-0.25, -0.2) is 8.42 Å². The van der Waals surface area contributed by atoms with Gasteiger partial charge in [0.1, 0.15) is 0 Å². The lowest BCUT2D eigenvalue weighted by Crippen LogP contribution is -2.32. The summed E-state index contributed by atoms with van der Waals surface area (Å²) in [6, 6.07) is 9.96. The molecular formula is C17H21N3O4S. The van der Waals surface area contributed by atoms with E-state index in [-0.39, 0.29) is 29.6 Å². The molecule has 0 radical (unpaired) electrons. The Kier molecular flexibility index (Phi) is 5.19. The number of aromatic nitrogens is 2. The van der Waals surface area contributed by atoms with Crippen LogP contribution >= 0.6 is 0 Å². The summed E-state index contributed by atoms with van der Waals surface area (Å²) in [6.07, 6.45) is 0.703. The number of amides is 1. The van der Waals surface area contributed by atoms with Crippen LogP contribution in [0.4, 0.5) is 0 Å². The summed E-state index contributed by atoms with van der Waals surface area (Å²) >= 11 is 0. The second-order valence-corrected chi connectivity index (χ2v) is 8.17. The summed E-state index contributed by atoms with van der Waals surface area (Å²) in [7, 11) is -3.46. The largest absolute Gasteiger partial charge is 0.390 e. The fourth-order valence-corrected chi connectivity index (χ4v) is 4.19. The van der Waals surface area contributed by atoms with Crippen molar-refractivity contribution in [2.45, 2.75) is 37.4 Å². The Hall–Kier alpha value is -2.19. The van der Waals surface area contributed by atoms with Crippen molar-refractivity contribution in [2.75, 3.05) is 12.3 Å². The summed E-state index contributed by atoms with van der Waals surface area (Å²) in [5.41, 5.74) is 1.44. The third-order valence-corrected chi connectivity index (χ3v) is 6.00. The lowest BCUT2D eigenvalue weighted by Gasteiger charge is -2.20. The number of aliphatic hydroxyl groups excluding tert-OH is 1. The smallest absolute Gasteiger partial charge is 0.223 e. The Bertz CT molecular complexity index is 846. The standard InChI is InChI=1S/C17H21N3O4S/c21-13-14-11-15-12-19(8-4-9-20(15)18-14)17(22)7-10-25(23,24)16-5-2-1-3-6-16/h1-3,5-6,11,21H,4,7-10,12-13H2. The van der Waals surface area contributed by atoms with E-state index >= 15 is 0 Å². The second-order valence-electron chi connectivity index (χ2n) is 6.06. The number of hydrogen-bond donors (Lipinski definition) is 1. The molecule has 3 rings (SSSR count). The molecule has 134 valence electrons. The van der Waals surface area contributed by atoms with Crippen LogP contribution in [0.3, 0.4) is 0 Å². The van der Waals surface area contributed by atoms with Crippen molar-refractivity contribution < 1.29 is 18.3 Å². The van der Waals surface area contributed by atoms with Gasteiger partial charge >= 0.3 is 0 Å². The van der Waals surface area contributed by atoms with E-state index in [4.69, 9.17) is 0 Å². The third-order valence-electron chi connectivity index (χ3n) is 4.27. The Morgan fingerprint density at radius 1 is 1.20 bits per heavy atom. The normalized spacial score (nSPS) is 14.8. The highest BCUT2D eigenvalue weighted by atomic mass is 32.2. The molecule has 0 saturated carbocycles. The fraction of sp³-hybridized carbons (Fsp3) is 0.412. The van der Waals surface area contributed by atoms with E-state index in [1.807, 2.05) is 0 Å². The van der Waals surface area contributed by atoms with Crippen LogP contribution in [0.2, 0.25) is 0 Å². The number of fused-ring (bicyclic) bond motifs is 1. The van der Waals surface area contributed by atoms with Crippen molar-refractivity contribution >= 4 is 15.7 Å². The maximum absolute atomic E-state index is 12.5. The average Bonchev–Trinajstić information content (AvgIpc) is 2.91. The van der Waals surface area contributed by atoms with Gasteiger partial charge in [0.25, 0.3) is 0 Å². The van der Waals surface area contributed by atoms with E-state index in [0.29, 0.717) is 25.3 Å². The van der Waals surface area contributed by atoms with Crippen molar-refractivity contribution in [3.63, 3.8) is 0 Å².